The van der Waals surface area contributed by atoms with E-state index in [1.807, 2.05) is 230 Å². The SMILES string of the molecule is COc1cc(-c2nn(Cc3cc4cccc(C)c4c(=O)n3-c3ccccc3C)c3ncnc(N)c23)ccc1Cl.COc1cc(-c2nn(Cc3cc4cccc(C)c4c(=O)n3-c3ccccc3F)c3ncnc(N)c23)ccc1Cl.Cc1ccccc1-n1c(Cn2nc(Br)c3c(N)ncnc32)cc2cccc(C)c2c1=O.Cc1ccccc1-n1c(Cn2nc(Cl)c3c(N)ncnc32)cc2cccc(C)c2c1=O. The summed E-state index contributed by atoms with van der Waals surface area (Å²) in [5, 5.41) is 28.2. The number of para-hydroxylation sites is 4. The van der Waals surface area contributed by atoms with Gasteiger partial charge in [-0.05, 0) is 204 Å². The third-order valence-corrected chi connectivity index (χ3v) is 26.2. The molecular weight excluding hydrogens is 1900 g/mol. The van der Waals surface area contributed by atoms with Gasteiger partial charge in [-0.2, -0.15) is 20.4 Å². The van der Waals surface area contributed by atoms with E-state index in [9.17, 15) is 19.2 Å². The summed E-state index contributed by atoms with van der Waals surface area (Å²) in [7, 11) is 3.09. The Hall–Kier alpha value is -16.7. The fourth-order valence-corrected chi connectivity index (χ4v) is 19.3. The van der Waals surface area contributed by atoms with Crippen LogP contribution in [-0.2, 0) is 26.2 Å². The van der Waals surface area contributed by atoms with E-state index in [2.05, 4.69) is 66.0 Å². The zero-order chi connectivity index (χ0) is 97.9. The Morgan fingerprint density at radius 3 is 0.943 bits per heavy atom. The molecule has 0 aliphatic heterocycles. The van der Waals surface area contributed by atoms with Crippen molar-refractivity contribution in [3.63, 3.8) is 0 Å². The Bertz CT molecular complexity index is 8550. The first-order valence-electron chi connectivity index (χ1n) is 44.0. The summed E-state index contributed by atoms with van der Waals surface area (Å²) in [6, 6.07) is 71.6. The van der Waals surface area contributed by atoms with Crippen LogP contribution in [0.25, 0.3) is 132 Å². The van der Waals surface area contributed by atoms with E-state index in [1.54, 1.807) is 82.0 Å². The molecule has 0 saturated heterocycles. The summed E-state index contributed by atoms with van der Waals surface area (Å²) < 4.78 is 39.9. The van der Waals surface area contributed by atoms with Crippen LogP contribution in [0.5, 0.6) is 11.5 Å². The number of hydrogen-bond acceptors (Lipinski definition) is 22. The molecule has 0 bridgehead atoms. The minimum atomic E-state index is -0.514. The third kappa shape index (κ3) is 17.0. The number of aromatic nitrogens is 20. The standard InChI is InChI=1S/C30H25ClN6O2.C29H22ClFN6O2.C23H19BrN6O.C23H19ClN6O/c1-17-7-4-5-10-23(17)37-21(13-19-9-6-8-18(2)25(19)30(37)38)15-36-29-26(28(32)33-16-34-29)27(35-36)20-11-12-22(31)24(14-20)39-3;1-16-6-5-7-17-12-19(37(29(38)24(16)17)22-9-4-3-8-21(22)31)14-36-28-25(27(32)33-15-34-28)26(35-36)18-10-11-20(30)23(13-18)39-2;2*1-13-6-3-4-9-17(13)30-16(10-15-8-5-7-14(2)18(15)23(30)31)11-29-22-19(20(24)28-29)21(25)26-12-27-22/h4-14,16H,15H2,1-3H3,(H2,32,33,34);3-13,15H,14H2,1-2H3,(H2,32,33,34);2*3-10,12H,11H2,1-2H3,(H2,25,26,27). The topological polar surface area (TPSA) is 385 Å². The van der Waals surface area contributed by atoms with Crippen molar-refractivity contribution in [1.29, 1.82) is 0 Å². The van der Waals surface area contributed by atoms with E-state index in [1.165, 1.54) is 43.1 Å². The smallest absolute Gasteiger partial charge is 0.263 e. The molecule has 10 aromatic carbocycles. The zero-order valence-electron chi connectivity index (χ0n) is 76.7. The summed E-state index contributed by atoms with van der Waals surface area (Å²) >= 11 is 22.3. The number of fused-ring (bicyclic) bond motifs is 8. The van der Waals surface area contributed by atoms with Gasteiger partial charge >= 0.3 is 0 Å². The number of ether oxygens (including phenoxy) is 2. The molecule has 0 fully saturated rings. The fourth-order valence-electron chi connectivity index (χ4n) is 18.1. The maximum absolute atomic E-state index is 15.1. The van der Waals surface area contributed by atoms with Crippen LogP contribution in [0.15, 0.2) is 280 Å². The first-order valence-corrected chi connectivity index (χ1v) is 45.9. The molecule has 12 heterocycles. The van der Waals surface area contributed by atoms with E-state index in [0.717, 1.165) is 100 Å². The molecule has 0 amide bonds. The lowest BCUT2D eigenvalue weighted by molar-refractivity contribution is 0.415. The molecule has 22 rings (SSSR count). The molecule has 0 radical (unpaired) electrons. The highest BCUT2D eigenvalue weighted by Gasteiger charge is 2.28. The molecule has 0 aliphatic rings. The highest BCUT2D eigenvalue weighted by molar-refractivity contribution is 9.10. The second-order valence-electron chi connectivity index (χ2n) is 33.5. The average molecular weight is 1980 g/mol. The number of nitrogen functional groups attached to an aromatic ring is 4. The fraction of sp³-hybridized carbons (Fsp3) is 0.124. The van der Waals surface area contributed by atoms with Crippen molar-refractivity contribution < 1.29 is 13.9 Å². The van der Waals surface area contributed by atoms with Crippen LogP contribution in [0.2, 0.25) is 15.2 Å². The number of halogens is 5. The first kappa shape index (κ1) is 92.4. The summed E-state index contributed by atoms with van der Waals surface area (Å²) in [4.78, 5) is 89.4. The van der Waals surface area contributed by atoms with Crippen molar-refractivity contribution in [2.75, 3.05) is 37.2 Å². The number of anilines is 4. The monoisotopic (exact) mass is 1980 g/mol. The van der Waals surface area contributed by atoms with Gasteiger partial charge in [0.25, 0.3) is 22.2 Å². The normalized spacial score (nSPS) is 11.4. The first-order chi connectivity index (χ1) is 67.6. The van der Waals surface area contributed by atoms with Gasteiger partial charge in [0.15, 0.2) is 27.7 Å². The van der Waals surface area contributed by atoms with Gasteiger partial charge in [0.1, 0.15) is 87.3 Å². The molecule has 140 heavy (non-hydrogen) atoms. The third-order valence-electron chi connectivity index (χ3n) is 24.7. The summed E-state index contributed by atoms with van der Waals surface area (Å²) in [5.74, 6) is 1.66. The van der Waals surface area contributed by atoms with Gasteiger partial charge in [-0.1, -0.05) is 186 Å². The minimum absolute atomic E-state index is 0.0513. The van der Waals surface area contributed by atoms with Crippen molar-refractivity contribution in [1.82, 2.24) is 97.3 Å². The lowest BCUT2D eigenvalue weighted by Gasteiger charge is -2.17. The average Bonchev–Trinajstić information content (AvgIpc) is 1.24. The Morgan fingerprint density at radius 2 is 0.600 bits per heavy atom. The number of aryl methyl sites for hydroxylation is 7. The molecule has 0 unspecified atom stereocenters. The number of hydrogen-bond donors (Lipinski definition) is 4. The summed E-state index contributed by atoms with van der Waals surface area (Å²) in [5.41, 5.74) is 40.9. The Balaban J connectivity index is 0.000000120. The molecule has 0 atom stereocenters. The largest absolute Gasteiger partial charge is 0.495 e. The lowest BCUT2D eigenvalue weighted by Crippen LogP contribution is -2.25. The summed E-state index contributed by atoms with van der Waals surface area (Å²) in [6.07, 6.45) is 5.57. The Labute approximate surface area is 819 Å². The predicted molar refractivity (Wildman–Crippen MR) is 553 cm³/mol. The van der Waals surface area contributed by atoms with Gasteiger partial charge in [-0.25, -0.2) is 63.0 Å². The highest BCUT2D eigenvalue weighted by atomic mass is 79.9. The number of nitrogens with zero attached hydrogens (tertiary/aromatic N) is 20. The number of rotatable bonds is 16. The molecular formula is C105H85BrCl3FN24O6. The number of pyridine rings is 4. The second kappa shape index (κ2) is 38.1. The molecule has 12 aromatic heterocycles. The van der Waals surface area contributed by atoms with Crippen LogP contribution in [-0.4, -0.2) is 111 Å². The Morgan fingerprint density at radius 1 is 0.314 bits per heavy atom. The molecule has 35 heteroatoms. The van der Waals surface area contributed by atoms with Crippen LogP contribution in [0.4, 0.5) is 27.7 Å². The molecule has 0 aliphatic carbocycles. The van der Waals surface area contributed by atoms with Gasteiger partial charge in [-0.3, -0.25) is 37.4 Å². The highest BCUT2D eigenvalue weighted by Crippen LogP contribution is 2.40. The zero-order valence-corrected chi connectivity index (χ0v) is 80.5. The van der Waals surface area contributed by atoms with Crippen molar-refractivity contribution in [3.8, 4) is 56.8 Å². The molecule has 0 spiro atoms. The minimum Gasteiger partial charge on any atom is -0.495 e. The maximum Gasteiger partial charge on any atom is 0.263 e. The van der Waals surface area contributed by atoms with Gasteiger partial charge in [0.2, 0.25) is 0 Å². The number of nitrogens with two attached hydrogens (primary N) is 4. The van der Waals surface area contributed by atoms with E-state index < -0.39 is 5.82 Å². The van der Waals surface area contributed by atoms with Crippen molar-refractivity contribution in [2.24, 2.45) is 0 Å². The van der Waals surface area contributed by atoms with Crippen LogP contribution in [0.3, 0.4) is 0 Å². The van der Waals surface area contributed by atoms with Crippen LogP contribution in [0.1, 0.15) is 61.7 Å². The van der Waals surface area contributed by atoms with E-state index in [4.69, 9.17) is 77.4 Å². The predicted octanol–water partition coefficient (Wildman–Crippen LogP) is 19.4. The van der Waals surface area contributed by atoms with Gasteiger partial charge in [0.05, 0.1) is 111 Å². The quantitative estimate of drug-likeness (QED) is 0.0698. The van der Waals surface area contributed by atoms with Crippen molar-refractivity contribution in [2.45, 2.75) is 74.6 Å². The molecule has 696 valence electrons. The molecule has 0 saturated carbocycles. The molecule has 8 N–H and O–H groups in total. The molecule has 30 nitrogen and oxygen atoms in total. The van der Waals surface area contributed by atoms with Gasteiger partial charge < -0.3 is 32.4 Å². The van der Waals surface area contributed by atoms with Gasteiger partial charge in [-0.15, -0.1) is 0 Å². The van der Waals surface area contributed by atoms with Crippen LogP contribution < -0.4 is 54.6 Å². The number of methoxy groups -OCH3 is 2. The van der Waals surface area contributed by atoms with Crippen molar-refractivity contribution in [3.05, 3.63) is 385 Å². The van der Waals surface area contributed by atoms with Crippen LogP contribution >= 0.6 is 50.7 Å². The van der Waals surface area contributed by atoms with E-state index in [-0.39, 0.29) is 64.3 Å². The lowest BCUT2D eigenvalue weighted by atomic mass is 10.1. The Kier molecular flexibility index (Phi) is 25.2. The van der Waals surface area contributed by atoms with Crippen LogP contribution in [0, 0.1) is 54.3 Å². The van der Waals surface area contributed by atoms with Gasteiger partial charge in [0, 0.05) is 33.9 Å². The maximum atomic E-state index is 15.1. The van der Waals surface area contributed by atoms with E-state index >= 15 is 4.39 Å². The summed E-state index contributed by atoms with van der Waals surface area (Å²) in [6.45, 7) is 14.7. The van der Waals surface area contributed by atoms with Crippen molar-refractivity contribution >= 4 is 161 Å². The number of benzene rings is 10. The van der Waals surface area contributed by atoms with E-state index in [0.29, 0.717) is 133 Å². The molecule has 22 aromatic rings. The second-order valence-corrected chi connectivity index (χ2v) is 35.4.